The molecule has 2 heterocycles. The second-order valence-electron chi connectivity index (χ2n) is 5.08. The summed E-state index contributed by atoms with van der Waals surface area (Å²) in [6.45, 7) is 0.722. The molecule has 1 aromatic rings. The lowest BCUT2D eigenvalue weighted by Crippen LogP contribution is -2.36. The van der Waals surface area contributed by atoms with Crippen LogP contribution >= 0.6 is 15.9 Å². The van der Waals surface area contributed by atoms with Crippen LogP contribution in [0, 0.1) is 0 Å². The van der Waals surface area contributed by atoms with Gasteiger partial charge in [-0.1, -0.05) is 0 Å². The first-order valence-corrected chi connectivity index (χ1v) is 7.47. The van der Waals surface area contributed by atoms with E-state index in [4.69, 9.17) is 14.6 Å². The van der Waals surface area contributed by atoms with E-state index < -0.39 is 5.97 Å². The van der Waals surface area contributed by atoms with Gasteiger partial charge in [0.05, 0.1) is 10.9 Å². The number of hydrogen-bond acceptors (Lipinski definition) is 4. The lowest BCUT2D eigenvalue weighted by molar-refractivity contribution is -0.137. The first-order valence-electron chi connectivity index (χ1n) is 6.68. The summed E-state index contributed by atoms with van der Waals surface area (Å²) in [5.41, 5.74) is 0.475. The fourth-order valence-electron chi connectivity index (χ4n) is 2.77. The molecule has 0 saturated carbocycles. The van der Waals surface area contributed by atoms with Gasteiger partial charge in [0.2, 0.25) is 6.79 Å². The molecule has 1 saturated heterocycles. The molecule has 2 aliphatic rings. The number of carboxylic acids is 1. The van der Waals surface area contributed by atoms with Crippen molar-refractivity contribution in [2.75, 3.05) is 13.3 Å². The Balaban J connectivity index is 1.85. The van der Waals surface area contributed by atoms with Crippen LogP contribution < -0.4 is 9.47 Å². The van der Waals surface area contributed by atoms with Gasteiger partial charge in [0.1, 0.15) is 0 Å². The van der Waals surface area contributed by atoms with Crippen molar-refractivity contribution in [3.63, 3.8) is 0 Å². The van der Waals surface area contributed by atoms with E-state index in [9.17, 15) is 9.59 Å². The highest BCUT2D eigenvalue weighted by Crippen LogP contribution is 2.40. The van der Waals surface area contributed by atoms with Gasteiger partial charge in [0.15, 0.2) is 11.5 Å². The molecule has 1 N–H and O–H groups in total. The predicted molar refractivity (Wildman–Crippen MR) is 76.6 cm³/mol. The Bertz CT molecular complexity index is 603. The number of halogens is 1. The Hall–Kier alpha value is -1.76. The zero-order valence-corrected chi connectivity index (χ0v) is 12.8. The predicted octanol–water partition coefficient (Wildman–Crippen LogP) is 2.26. The molecule has 1 aromatic carbocycles. The number of likely N-dealkylation sites (tertiary alicyclic amines) is 1. The van der Waals surface area contributed by atoms with Crippen LogP contribution in [-0.4, -0.2) is 41.3 Å². The van der Waals surface area contributed by atoms with Gasteiger partial charge in [-0.05, 0) is 40.9 Å². The standard InChI is InChI=1S/C14H14BrNO5/c15-10-4-8(5-11-13(10)21-7-20-11)14(19)16-3-1-2-9(16)6-12(17)18/h4-5,9H,1-3,6-7H2,(H,17,18). The van der Waals surface area contributed by atoms with Crippen LogP contribution in [-0.2, 0) is 4.79 Å². The summed E-state index contributed by atoms with van der Waals surface area (Å²) in [6, 6.07) is 3.09. The van der Waals surface area contributed by atoms with Crippen molar-refractivity contribution in [2.45, 2.75) is 25.3 Å². The highest BCUT2D eigenvalue weighted by molar-refractivity contribution is 9.10. The summed E-state index contributed by atoms with van der Waals surface area (Å²) in [6.07, 6.45) is 1.54. The molecule has 6 nitrogen and oxygen atoms in total. The average molecular weight is 356 g/mol. The van der Waals surface area contributed by atoms with Crippen molar-refractivity contribution in [3.8, 4) is 11.5 Å². The Kier molecular flexibility index (Phi) is 3.75. The van der Waals surface area contributed by atoms with E-state index in [1.165, 1.54) is 0 Å². The Morgan fingerprint density at radius 3 is 2.95 bits per heavy atom. The van der Waals surface area contributed by atoms with E-state index in [2.05, 4.69) is 15.9 Å². The summed E-state index contributed by atoms with van der Waals surface area (Å²) >= 11 is 3.36. The maximum Gasteiger partial charge on any atom is 0.305 e. The van der Waals surface area contributed by atoms with Gasteiger partial charge in [-0.2, -0.15) is 0 Å². The van der Waals surface area contributed by atoms with Gasteiger partial charge in [-0.3, -0.25) is 9.59 Å². The van der Waals surface area contributed by atoms with Crippen LogP contribution in [0.2, 0.25) is 0 Å². The Morgan fingerprint density at radius 2 is 2.19 bits per heavy atom. The summed E-state index contributed by atoms with van der Waals surface area (Å²) in [4.78, 5) is 25.1. The average Bonchev–Trinajstić information content (AvgIpc) is 3.05. The summed E-state index contributed by atoms with van der Waals surface area (Å²) < 4.78 is 11.3. The number of fused-ring (bicyclic) bond motifs is 1. The number of rotatable bonds is 3. The lowest BCUT2D eigenvalue weighted by Gasteiger charge is -2.23. The normalized spacial score (nSPS) is 19.9. The molecule has 0 aliphatic carbocycles. The smallest absolute Gasteiger partial charge is 0.305 e. The van der Waals surface area contributed by atoms with Gasteiger partial charge in [0, 0.05) is 18.2 Å². The quantitative estimate of drug-likeness (QED) is 0.899. The molecule has 2 aliphatic heterocycles. The van der Waals surface area contributed by atoms with Crippen LogP contribution in [0.3, 0.4) is 0 Å². The summed E-state index contributed by atoms with van der Waals surface area (Å²) in [5, 5.41) is 8.93. The van der Waals surface area contributed by atoms with Crippen molar-refractivity contribution in [2.24, 2.45) is 0 Å². The number of nitrogens with zero attached hydrogens (tertiary/aromatic N) is 1. The van der Waals surface area contributed by atoms with Gasteiger partial charge in [-0.15, -0.1) is 0 Å². The minimum absolute atomic E-state index is 0.0164. The van der Waals surface area contributed by atoms with E-state index in [0.717, 1.165) is 12.8 Å². The number of benzene rings is 1. The first-order chi connectivity index (χ1) is 10.1. The highest BCUT2D eigenvalue weighted by atomic mass is 79.9. The molecule has 7 heteroatoms. The molecule has 1 unspecified atom stereocenters. The summed E-state index contributed by atoms with van der Waals surface area (Å²) in [5.74, 6) is 0.0704. The summed E-state index contributed by atoms with van der Waals surface area (Å²) in [7, 11) is 0. The number of aliphatic carboxylic acids is 1. The topological polar surface area (TPSA) is 76.1 Å². The SMILES string of the molecule is O=C(O)CC1CCCN1C(=O)c1cc(Br)c2c(c1)OCO2. The fourth-order valence-corrected chi connectivity index (χ4v) is 3.33. The van der Waals surface area contributed by atoms with E-state index in [-0.39, 0.29) is 25.2 Å². The minimum Gasteiger partial charge on any atom is -0.481 e. The van der Waals surface area contributed by atoms with Crippen molar-refractivity contribution in [1.82, 2.24) is 4.90 Å². The first kappa shape index (κ1) is 14.2. The maximum atomic E-state index is 12.6. The molecule has 1 amide bonds. The van der Waals surface area contributed by atoms with Gasteiger partial charge in [-0.25, -0.2) is 0 Å². The van der Waals surface area contributed by atoms with E-state index in [0.29, 0.717) is 28.1 Å². The highest BCUT2D eigenvalue weighted by Gasteiger charge is 2.32. The molecule has 0 aromatic heterocycles. The van der Waals surface area contributed by atoms with Crippen LogP contribution in [0.1, 0.15) is 29.6 Å². The third-order valence-electron chi connectivity index (χ3n) is 3.72. The molecule has 21 heavy (non-hydrogen) atoms. The van der Waals surface area contributed by atoms with Gasteiger partial charge >= 0.3 is 5.97 Å². The maximum absolute atomic E-state index is 12.6. The number of amides is 1. The number of carbonyl (C=O) groups excluding carboxylic acids is 1. The molecule has 3 rings (SSSR count). The van der Waals surface area contributed by atoms with Crippen molar-refractivity contribution < 1.29 is 24.2 Å². The molecule has 1 atom stereocenters. The van der Waals surface area contributed by atoms with Crippen LogP contribution in [0.4, 0.5) is 0 Å². The van der Waals surface area contributed by atoms with E-state index >= 15 is 0 Å². The number of hydrogen-bond donors (Lipinski definition) is 1. The van der Waals surface area contributed by atoms with E-state index in [1.54, 1.807) is 17.0 Å². The van der Waals surface area contributed by atoms with Gasteiger partial charge < -0.3 is 19.5 Å². The number of ether oxygens (including phenoxy) is 2. The fraction of sp³-hybridized carbons (Fsp3) is 0.429. The van der Waals surface area contributed by atoms with E-state index in [1.807, 2.05) is 0 Å². The third kappa shape index (κ3) is 2.70. The third-order valence-corrected chi connectivity index (χ3v) is 4.31. The largest absolute Gasteiger partial charge is 0.481 e. The van der Waals surface area contributed by atoms with Crippen LogP contribution in [0.15, 0.2) is 16.6 Å². The Morgan fingerprint density at radius 1 is 1.38 bits per heavy atom. The molecular weight excluding hydrogens is 342 g/mol. The van der Waals surface area contributed by atoms with Crippen molar-refractivity contribution in [3.05, 3.63) is 22.2 Å². The number of carbonyl (C=O) groups is 2. The second-order valence-corrected chi connectivity index (χ2v) is 5.94. The Labute approximate surface area is 129 Å². The van der Waals surface area contributed by atoms with Crippen molar-refractivity contribution in [1.29, 1.82) is 0 Å². The van der Waals surface area contributed by atoms with Crippen molar-refractivity contribution >= 4 is 27.8 Å². The minimum atomic E-state index is -0.883. The molecular formula is C14H14BrNO5. The van der Waals surface area contributed by atoms with Crippen LogP contribution in [0.25, 0.3) is 0 Å². The van der Waals surface area contributed by atoms with Gasteiger partial charge in [0.25, 0.3) is 5.91 Å². The number of carboxylic acid groups (broad SMARTS) is 1. The van der Waals surface area contributed by atoms with Crippen LogP contribution in [0.5, 0.6) is 11.5 Å². The molecule has 0 bridgehead atoms. The molecule has 112 valence electrons. The second kappa shape index (κ2) is 5.55. The molecule has 0 radical (unpaired) electrons. The molecule has 1 fully saturated rings. The lowest BCUT2D eigenvalue weighted by atomic mass is 10.1. The zero-order valence-electron chi connectivity index (χ0n) is 11.2. The molecule has 0 spiro atoms. The monoisotopic (exact) mass is 355 g/mol. The zero-order chi connectivity index (χ0) is 15.0.